The van der Waals surface area contributed by atoms with E-state index in [4.69, 9.17) is 14.6 Å². The molecule has 0 heterocycles. The van der Waals surface area contributed by atoms with E-state index in [0.29, 0.717) is 39.1 Å². The molecule has 0 fully saturated rings. The topological polar surface area (TPSA) is 107 Å². The van der Waals surface area contributed by atoms with Gasteiger partial charge in [0.1, 0.15) is 62.1 Å². The molecule has 0 bridgehead atoms. The molecule has 0 aromatic heterocycles. The first kappa shape index (κ1) is 93.7. The highest BCUT2D eigenvalue weighted by Crippen LogP contribution is 2.36. The third-order valence-corrected chi connectivity index (χ3v) is 21.1. The number of aliphatic hydroxyl groups excluding tert-OH is 2. The molecule has 15 heteroatoms. The van der Waals surface area contributed by atoms with Crippen molar-refractivity contribution < 1.29 is 42.8 Å². The van der Waals surface area contributed by atoms with Crippen molar-refractivity contribution in [2.24, 2.45) is 0 Å². The first-order chi connectivity index (χ1) is 59.3. The van der Waals surface area contributed by atoms with Gasteiger partial charge in [-0.15, -0.1) is 0 Å². The molecule has 15 nitrogen and oxygen atoms in total. The van der Waals surface area contributed by atoms with Gasteiger partial charge in [0.25, 0.3) is 0 Å². The first-order valence-electron chi connectivity index (χ1n) is 42.3. The number of carbonyl (C=O) groups excluding carboxylic acids is 1. The molecule has 4 aliphatic rings. The predicted octanol–water partition coefficient (Wildman–Crippen LogP) is 17.9. The molecule has 8 aromatic rings. The minimum Gasteiger partial charge on any atom is -0.494 e. The van der Waals surface area contributed by atoms with Crippen LogP contribution in [0.25, 0.3) is 22.3 Å². The van der Waals surface area contributed by atoms with Crippen molar-refractivity contribution in [1.29, 1.82) is 0 Å². The van der Waals surface area contributed by atoms with Gasteiger partial charge in [-0.25, -0.2) is 18.3 Å². The van der Waals surface area contributed by atoms with Crippen LogP contribution in [0.5, 0.6) is 5.75 Å². The molecule has 4 aliphatic carbocycles. The standard InChI is InChI=1S/C32H41N2O4.C28H32N3O.C25H30N3.C23H25N2/c1-5-21-34(22-23-35)29-17-11-26(12-18-29)32(25-9-15-28(16-10-25)33(3)4)27-13-19-30(20-14-27)38-24-7-8-31(36)37-6-2;1-29(2)25-15-9-23(10-16-25)28(24-11-17-26(18-12-24)30(3)4)19-8-22-6-13-27(14-7-22)31(5)20-21-32;1-26(2)22-13-7-19(8-14-22)25(20-9-15-23(16-10-20)27(3)4)21-11-17-24(18-12-21)28(5)6;1-24(2)21-14-10-19(11-15-21)23(18-8-6-5-7-9-18)20-12-16-22(17-13-20)25(3)4/h9-20,35H,5-8,21-24H2,1-4H3;6-7,9-18,32H,20-21H2,1-5H3;7-18H,1-6H3;5-17H,1-4H3/q4*+1. The number of esters is 1. The van der Waals surface area contributed by atoms with Gasteiger partial charge in [-0.2, -0.15) is 0 Å². The lowest BCUT2D eigenvalue weighted by Gasteiger charge is -2.24. The molecule has 0 aliphatic heterocycles. The van der Waals surface area contributed by atoms with E-state index in [0.717, 1.165) is 91.7 Å². The van der Waals surface area contributed by atoms with E-state index in [9.17, 15) is 9.90 Å². The van der Waals surface area contributed by atoms with Gasteiger partial charge in [-0.05, 0) is 243 Å². The Hall–Kier alpha value is -13.1. The molecule has 8 aromatic carbocycles. The summed E-state index contributed by atoms with van der Waals surface area (Å²) in [6, 6.07) is 70.3. The largest absolute Gasteiger partial charge is 0.494 e. The number of rotatable bonds is 25. The quantitative estimate of drug-likeness (QED) is 0.0247. The van der Waals surface area contributed by atoms with Crippen LogP contribution in [0.15, 0.2) is 320 Å². The Balaban J connectivity index is 0.000000188. The van der Waals surface area contributed by atoms with Crippen molar-refractivity contribution in [3.8, 4) is 17.6 Å². The smallest absolute Gasteiger partial charge is 0.305 e. The van der Waals surface area contributed by atoms with Crippen LogP contribution in [0.4, 0.5) is 34.1 Å². The third kappa shape index (κ3) is 27.4. The predicted molar refractivity (Wildman–Crippen MR) is 524 cm³/mol. The van der Waals surface area contributed by atoms with E-state index in [2.05, 4.69) is 393 Å². The van der Waals surface area contributed by atoms with Gasteiger partial charge in [0.15, 0.2) is 22.8 Å². The number of likely N-dealkylation sites (N-methyl/N-ethyl adjacent to an activating group) is 1. The summed E-state index contributed by atoms with van der Waals surface area (Å²) in [5.41, 5.74) is 30.2. The Morgan fingerprint density at radius 2 is 0.667 bits per heavy atom. The summed E-state index contributed by atoms with van der Waals surface area (Å²) >= 11 is 0. The fourth-order valence-corrected chi connectivity index (χ4v) is 14.0. The van der Waals surface area contributed by atoms with Crippen molar-refractivity contribution in [3.05, 3.63) is 364 Å². The monoisotopic (exact) mass is 1650 g/mol. The van der Waals surface area contributed by atoms with Crippen LogP contribution in [-0.2, 0) is 9.53 Å². The maximum atomic E-state index is 11.5. The number of allylic oxidation sites excluding steroid dienone is 21. The summed E-state index contributed by atoms with van der Waals surface area (Å²) in [5.74, 6) is 7.35. The number of hydrogen-bond donors (Lipinski definition) is 2. The Kier molecular flexibility index (Phi) is 35.9. The number of carbonyl (C=O) groups is 1. The maximum Gasteiger partial charge on any atom is 0.305 e. The van der Waals surface area contributed by atoms with Crippen LogP contribution in [0, 0.1) is 11.8 Å². The molecule has 0 amide bonds. The Morgan fingerprint density at radius 3 is 0.992 bits per heavy atom. The number of anilines is 6. The van der Waals surface area contributed by atoms with Crippen molar-refractivity contribution in [2.45, 2.75) is 33.1 Å². The van der Waals surface area contributed by atoms with Gasteiger partial charge in [-0.3, -0.25) is 4.79 Å². The Bertz CT molecular complexity index is 5340. The lowest BCUT2D eigenvalue weighted by molar-refractivity contribution is -0.462. The lowest BCUT2D eigenvalue weighted by Crippen LogP contribution is -2.27. The average Bonchev–Trinajstić information content (AvgIpc) is 0.797. The molecule has 0 saturated heterocycles. The van der Waals surface area contributed by atoms with Crippen molar-refractivity contribution in [2.75, 3.05) is 195 Å². The van der Waals surface area contributed by atoms with E-state index in [-0.39, 0.29) is 19.2 Å². The van der Waals surface area contributed by atoms with Gasteiger partial charge in [-0.1, -0.05) is 122 Å². The molecule has 12 rings (SSSR count). The fourth-order valence-electron chi connectivity index (χ4n) is 14.0. The molecule has 636 valence electrons. The molecule has 0 spiro atoms. The van der Waals surface area contributed by atoms with Crippen LogP contribution < -0.4 is 34.1 Å². The summed E-state index contributed by atoms with van der Waals surface area (Å²) in [5, 5.41) is 18.6. The summed E-state index contributed by atoms with van der Waals surface area (Å²) in [6.07, 6.45) is 36.6. The van der Waals surface area contributed by atoms with E-state index in [1.54, 1.807) is 0 Å². The first-order valence-corrected chi connectivity index (χ1v) is 42.3. The minimum absolute atomic E-state index is 0.134. The summed E-state index contributed by atoms with van der Waals surface area (Å²) < 4.78 is 19.3. The number of hydrogen-bond acceptors (Lipinski definition) is 11. The number of nitrogens with zero attached hydrogens (tertiary/aromatic N) is 10. The van der Waals surface area contributed by atoms with Crippen LogP contribution >= 0.6 is 0 Å². The second-order valence-corrected chi connectivity index (χ2v) is 31.9. The van der Waals surface area contributed by atoms with Crippen LogP contribution in [0.3, 0.4) is 0 Å². The van der Waals surface area contributed by atoms with Crippen LogP contribution in [-0.4, -0.2) is 223 Å². The van der Waals surface area contributed by atoms with Gasteiger partial charge < -0.3 is 49.1 Å². The third-order valence-electron chi connectivity index (χ3n) is 21.1. The Morgan fingerprint density at radius 1 is 0.350 bits per heavy atom. The van der Waals surface area contributed by atoms with E-state index < -0.39 is 0 Å². The number of ether oxygens (including phenoxy) is 2. The van der Waals surface area contributed by atoms with Gasteiger partial charge in [0, 0.05) is 183 Å². The minimum atomic E-state index is -0.189. The zero-order valence-corrected chi connectivity index (χ0v) is 76.0. The molecular formula is C108H128N10O5+4. The van der Waals surface area contributed by atoms with Crippen LogP contribution in [0.1, 0.15) is 77.6 Å². The summed E-state index contributed by atoms with van der Waals surface area (Å²) in [4.78, 5) is 24.2. The van der Waals surface area contributed by atoms with E-state index in [1.807, 2.05) is 97.6 Å². The second kappa shape index (κ2) is 47.2. The normalized spacial score (nSPS) is 12.7. The highest BCUT2D eigenvalue weighted by Gasteiger charge is 2.20. The molecule has 2 N–H and O–H groups in total. The van der Waals surface area contributed by atoms with Crippen molar-refractivity contribution >= 4 is 85.2 Å². The summed E-state index contributed by atoms with van der Waals surface area (Å²) in [7, 11) is 34.9. The van der Waals surface area contributed by atoms with Crippen LogP contribution in [0.2, 0.25) is 0 Å². The average molecular weight is 1650 g/mol. The zero-order chi connectivity index (χ0) is 88.5. The SMILES string of the molecule is CCCN(CCO)c1ccc(C(=C2C=CC(=[N+](C)C)C=C2)c2ccc(OCCCC(=O)OCC)cc2)cc1.CN(C)c1ccc(C(=C2C=CC(=[N+](C)C)C=C2)c2ccc(N(C)C)cc2)cc1.CN(C)c1ccc(C(=C2C=CC(=[N+](C)C)C=C2)c2ccccc2)cc1.CN(C)c1ccc(C(C#Cc2ccc(N(C)CCO)cc2)=C2C=CC(=[N+](C)C)C=C2)cc1. The van der Waals surface area contributed by atoms with Gasteiger partial charge in [0.2, 0.25) is 0 Å². The maximum absolute atomic E-state index is 11.5. The molecular weight excluding hydrogens is 1520 g/mol. The highest BCUT2D eigenvalue weighted by molar-refractivity contribution is 6.06. The molecule has 0 unspecified atom stereocenters. The Labute approximate surface area is 733 Å². The van der Waals surface area contributed by atoms with Crippen molar-refractivity contribution in [3.63, 3.8) is 0 Å². The lowest BCUT2D eigenvalue weighted by atomic mass is 9.90. The number of benzene rings is 8. The van der Waals surface area contributed by atoms with Gasteiger partial charge >= 0.3 is 5.97 Å². The fraction of sp³-hybridized carbons (Fsp3) is 0.269. The zero-order valence-electron chi connectivity index (χ0n) is 76.0. The molecule has 123 heavy (non-hydrogen) atoms. The number of aliphatic hydroxyl groups is 2. The van der Waals surface area contributed by atoms with E-state index >= 15 is 0 Å². The van der Waals surface area contributed by atoms with Gasteiger partial charge in [0.05, 0.1) is 26.4 Å². The highest BCUT2D eigenvalue weighted by atomic mass is 16.5. The molecule has 0 saturated carbocycles. The van der Waals surface area contributed by atoms with E-state index in [1.165, 1.54) is 73.0 Å². The molecule has 0 radical (unpaired) electrons. The second-order valence-electron chi connectivity index (χ2n) is 31.9. The summed E-state index contributed by atoms with van der Waals surface area (Å²) in [6.45, 7) is 7.23. The molecule has 0 atom stereocenters. The van der Waals surface area contributed by atoms with Crippen molar-refractivity contribution in [1.82, 2.24) is 0 Å².